The lowest BCUT2D eigenvalue weighted by atomic mass is 9.77. The van der Waals surface area contributed by atoms with Crippen LogP contribution in [0.25, 0.3) is 0 Å². The number of hydrogen-bond donors (Lipinski definition) is 1. The lowest BCUT2D eigenvalue weighted by molar-refractivity contribution is -0.193. The van der Waals surface area contributed by atoms with E-state index in [1.165, 1.54) is 0 Å². The first-order chi connectivity index (χ1) is 8.20. The van der Waals surface area contributed by atoms with Gasteiger partial charge < -0.3 is 14.6 Å². The molecule has 0 aromatic rings. The highest BCUT2D eigenvalue weighted by atomic mass is 16.7. The maximum Gasteiger partial charge on any atom is 0.308 e. The molecule has 3 aliphatic rings. The number of hydrogen-bond acceptors (Lipinski definition) is 4. The van der Waals surface area contributed by atoms with E-state index in [0.717, 1.165) is 38.8 Å². The minimum atomic E-state index is -0.644. The molecule has 0 aromatic carbocycles. The molecule has 0 aromatic heterocycles. The summed E-state index contributed by atoms with van der Waals surface area (Å²) in [5, 5.41) is 9.06. The van der Waals surface area contributed by atoms with Crippen LogP contribution in [0.15, 0.2) is 0 Å². The zero-order valence-electron chi connectivity index (χ0n) is 9.93. The Bertz CT molecular complexity index is 304. The zero-order chi connectivity index (χ0) is 11.9. The maximum atomic E-state index is 11.0. The number of rotatable bonds is 2. The van der Waals surface area contributed by atoms with Gasteiger partial charge >= 0.3 is 5.97 Å². The van der Waals surface area contributed by atoms with Crippen LogP contribution in [0.3, 0.4) is 0 Å². The van der Waals surface area contributed by atoms with Gasteiger partial charge in [-0.15, -0.1) is 0 Å². The van der Waals surface area contributed by atoms with Crippen molar-refractivity contribution in [2.45, 2.75) is 37.5 Å². The van der Waals surface area contributed by atoms with Gasteiger partial charge in [-0.1, -0.05) is 0 Å². The summed E-state index contributed by atoms with van der Waals surface area (Å²) in [7, 11) is 0. The van der Waals surface area contributed by atoms with Crippen molar-refractivity contribution in [2.24, 2.45) is 5.92 Å². The van der Waals surface area contributed by atoms with Crippen LogP contribution in [0, 0.1) is 5.92 Å². The average Bonchev–Trinajstić information content (AvgIpc) is 2.68. The van der Waals surface area contributed by atoms with Gasteiger partial charge in [0.1, 0.15) is 0 Å². The summed E-state index contributed by atoms with van der Waals surface area (Å²) >= 11 is 0. The van der Waals surface area contributed by atoms with Crippen molar-refractivity contribution in [1.82, 2.24) is 4.90 Å². The van der Waals surface area contributed by atoms with Crippen LogP contribution in [0.1, 0.15) is 25.7 Å². The fraction of sp³-hybridized carbons (Fsp3) is 0.917. The fourth-order valence-corrected chi connectivity index (χ4v) is 3.19. The number of carboxylic acid groups (broad SMARTS) is 1. The van der Waals surface area contributed by atoms with Crippen molar-refractivity contribution >= 4 is 5.97 Å². The van der Waals surface area contributed by atoms with Crippen molar-refractivity contribution in [3.8, 4) is 0 Å². The standard InChI is InChI=1S/C12H19NO4/c14-11(15)9-1-2-10(9)13-5-3-12(4-6-13)16-7-8-17-12/h9-10H,1-8H2,(H,14,15). The highest BCUT2D eigenvalue weighted by Crippen LogP contribution is 2.38. The molecule has 2 unspecified atom stereocenters. The van der Waals surface area contributed by atoms with Crippen LogP contribution in [0.2, 0.25) is 0 Å². The van der Waals surface area contributed by atoms with Crippen molar-refractivity contribution in [2.75, 3.05) is 26.3 Å². The fourth-order valence-electron chi connectivity index (χ4n) is 3.19. The molecule has 96 valence electrons. The Kier molecular flexibility index (Phi) is 2.84. The van der Waals surface area contributed by atoms with Crippen molar-refractivity contribution in [3.05, 3.63) is 0 Å². The van der Waals surface area contributed by atoms with E-state index in [1.54, 1.807) is 0 Å². The van der Waals surface area contributed by atoms with Crippen molar-refractivity contribution < 1.29 is 19.4 Å². The first-order valence-electron chi connectivity index (χ1n) is 6.45. The van der Waals surface area contributed by atoms with Gasteiger partial charge in [0.2, 0.25) is 0 Å². The summed E-state index contributed by atoms with van der Waals surface area (Å²) in [5.41, 5.74) is 0. The highest BCUT2D eigenvalue weighted by Gasteiger charge is 2.45. The quantitative estimate of drug-likeness (QED) is 0.770. The molecule has 0 radical (unpaired) electrons. The number of piperidine rings is 1. The van der Waals surface area contributed by atoms with Crippen molar-refractivity contribution in [1.29, 1.82) is 0 Å². The Morgan fingerprint density at radius 3 is 2.29 bits per heavy atom. The Labute approximate surface area is 101 Å². The van der Waals surface area contributed by atoms with Gasteiger partial charge in [0.25, 0.3) is 0 Å². The second kappa shape index (κ2) is 4.23. The average molecular weight is 241 g/mol. The monoisotopic (exact) mass is 241 g/mol. The van der Waals surface area contributed by atoms with Gasteiger partial charge in [-0.25, -0.2) is 0 Å². The van der Waals surface area contributed by atoms with E-state index in [0.29, 0.717) is 13.2 Å². The normalized spacial score (nSPS) is 36.9. The van der Waals surface area contributed by atoms with E-state index >= 15 is 0 Å². The molecule has 1 N–H and O–H groups in total. The largest absolute Gasteiger partial charge is 0.481 e. The van der Waals surface area contributed by atoms with Crippen LogP contribution < -0.4 is 0 Å². The smallest absolute Gasteiger partial charge is 0.308 e. The lowest BCUT2D eigenvalue weighted by Gasteiger charge is -2.47. The predicted molar refractivity (Wildman–Crippen MR) is 59.6 cm³/mol. The van der Waals surface area contributed by atoms with E-state index in [1.807, 2.05) is 0 Å². The SMILES string of the molecule is O=C(O)C1CCC1N1CCC2(CC1)OCCO2. The van der Waals surface area contributed by atoms with Gasteiger partial charge in [-0.3, -0.25) is 9.69 Å². The Balaban J connectivity index is 1.56. The summed E-state index contributed by atoms with van der Waals surface area (Å²) in [6, 6.07) is 0.242. The molecule has 1 saturated carbocycles. The molecule has 2 aliphatic heterocycles. The Hall–Kier alpha value is -0.650. The van der Waals surface area contributed by atoms with E-state index < -0.39 is 5.97 Å². The number of likely N-dealkylation sites (tertiary alicyclic amines) is 1. The Morgan fingerprint density at radius 2 is 1.82 bits per heavy atom. The highest BCUT2D eigenvalue weighted by molar-refractivity contribution is 5.72. The number of carbonyl (C=O) groups is 1. The molecule has 2 heterocycles. The molecule has 5 nitrogen and oxygen atoms in total. The van der Waals surface area contributed by atoms with Crippen LogP contribution in [0.4, 0.5) is 0 Å². The summed E-state index contributed by atoms with van der Waals surface area (Å²) in [6.45, 7) is 3.19. The molecule has 17 heavy (non-hydrogen) atoms. The summed E-state index contributed by atoms with van der Waals surface area (Å²) in [5.74, 6) is -1.15. The summed E-state index contributed by atoms with van der Waals surface area (Å²) in [4.78, 5) is 13.3. The van der Waals surface area contributed by atoms with Gasteiger partial charge in [0.05, 0.1) is 19.1 Å². The molecule has 1 spiro atoms. The minimum absolute atomic E-state index is 0.158. The molecular weight excluding hydrogens is 222 g/mol. The van der Waals surface area contributed by atoms with Crippen LogP contribution in [-0.2, 0) is 14.3 Å². The van der Waals surface area contributed by atoms with Crippen LogP contribution in [0.5, 0.6) is 0 Å². The van der Waals surface area contributed by atoms with Crippen LogP contribution in [-0.4, -0.2) is 54.1 Å². The molecule has 3 fully saturated rings. The number of aliphatic carboxylic acids is 1. The Morgan fingerprint density at radius 1 is 1.18 bits per heavy atom. The molecule has 2 atom stereocenters. The molecule has 5 heteroatoms. The first-order valence-corrected chi connectivity index (χ1v) is 6.45. The summed E-state index contributed by atoms with van der Waals surface area (Å²) in [6.07, 6.45) is 3.59. The third-order valence-corrected chi connectivity index (χ3v) is 4.40. The lowest BCUT2D eigenvalue weighted by Crippen LogP contribution is -2.55. The van der Waals surface area contributed by atoms with Crippen molar-refractivity contribution in [3.63, 3.8) is 0 Å². The van der Waals surface area contributed by atoms with Crippen LogP contribution >= 0.6 is 0 Å². The number of ether oxygens (including phenoxy) is 2. The molecular formula is C12H19NO4. The van der Waals surface area contributed by atoms with E-state index in [2.05, 4.69) is 4.90 Å². The molecule has 2 saturated heterocycles. The van der Waals surface area contributed by atoms with E-state index in [9.17, 15) is 4.79 Å². The number of carboxylic acids is 1. The molecule has 0 amide bonds. The second-order valence-corrected chi connectivity index (χ2v) is 5.23. The van der Waals surface area contributed by atoms with E-state index in [4.69, 9.17) is 14.6 Å². The summed E-state index contributed by atoms with van der Waals surface area (Å²) < 4.78 is 11.3. The second-order valence-electron chi connectivity index (χ2n) is 5.23. The molecule has 1 aliphatic carbocycles. The number of nitrogens with zero attached hydrogens (tertiary/aromatic N) is 1. The van der Waals surface area contributed by atoms with Gasteiger partial charge in [-0.05, 0) is 12.8 Å². The first kappa shape index (κ1) is 11.4. The molecule has 3 rings (SSSR count). The third-order valence-electron chi connectivity index (χ3n) is 4.40. The molecule has 0 bridgehead atoms. The van der Waals surface area contributed by atoms with E-state index in [-0.39, 0.29) is 17.7 Å². The third kappa shape index (κ3) is 1.96. The minimum Gasteiger partial charge on any atom is -0.481 e. The zero-order valence-corrected chi connectivity index (χ0v) is 9.93. The maximum absolute atomic E-state index is 11.0. The van der Waals surface area contributed by atoms with Gasteiger partial charge in [-0.2, -0.15) is 0 Å². The predicted octanol–water partition coefficient (Wildman–Crippen LogP) is 0.688. The van der Waals surface area contributed by atoms with Gasteiger partial charge in [0.15, 0.2) is 5.79 Å². The van der Waals surface area contributed by atoms with Gasteiger partial charge in [0, 0.05) is 32.0 Å². The topological polar surface area (TPSA) is 59.0 Å².